The maximum atomic E-state index is 13.2. The number of pyridine rings is 1. The quantitative estimate of drug-likeness (QED) is 0.910. The van der Waals surface area contributed by atoms with Crippen LogP contribution in [0.4, 0.5) is 4.39 Å². The van der Waals surface area contributed by atoms with E-state index in [1.807, 2.05) is 0 Å². The number of nitrogens with zero attached hydrogens (tertiary/aromatic N) is 2. The number of aliphatic carboxylic acids is 1. The van der Waals surface area contributed by atoms with Gasteiger partial charge in [-0.1, -0.05) is 6.07 Å². The molecule has 19 heavy (non-hydrogen) atoms. The van der Waals surface area contributed by atoms with Crippen LogP contribution in [0.15, 0.2) is 30.5 Å². The third kappa shape index (κ3) is 2.67. The summed E-state index contributed by atoms with van der Waals surface area (Å²) in [5, 5.41) is 9.70. The molecule has 2 aromatic rings. The summed E-state index contributed by atoms with van der Waals surface area (Å²) in [6, 6.07) is 5.70. The molecule has 1 aromatic heterocycles. The molecular weight excluding hydrogens is 251 g/mol. The number of likely N-dealkylation sites (N-methyl/N-ethyl adjacent to an activating group) is 1. The highest BCUT2D eigenvalue weighted by molar-refractivity contribution is 6.05. The topological polar surface area (TPSA) is 70.5 Å². The summed E-state index contributed by atoms with van der Waals surface area (Å²) < 4.78 is 13.2. The van der Waals surface area contributed by atoms with Crippen molar-refractivity contribution >= 4 is 22.6 Å². The van der Waals surface area contributed by atoms with Gasteiger partial charge in [0.05, 0.1) is 0 Å². The van der Waals surface area contributed by atoms with Crippen molar-refractivity contribution in [2.75, 3.05) is 13.6 Å². The van der Waals surface area contributed by atoms with E-state index in [0.29, 0.717) is 10.8 Å². The first kappa shape index (κ1) is 12.9. The minimum Gasteiger partial charge on any atom is -0.480 e. The van der Waals surface area contributed by atoms with Gasteiger partial charge in [0.25, 0.3) is 5.91 Å². The Bertz CT molecular complexity index is 657. The lowest BCUT2D eigenvalue weighted by Crippen LogP contribution is -2.32. The Morgan fingerprint density at radius 2 is 2.11 bits per heavy atom. The van der Waals surface area contributed by atoms with Crippen molar-refractivity contribution < 1.29 is 19.1 Å². The predicted octanol–water partition coefficient (Wildman–Crippen LogP) is 1.53. The molecule has 98 valence electrons. The van der Waals surface area contributed by atoms with E-state index < -0.39 is 24.2 Å². The number of amides is 1. The van der Waals surface area contributed by atoms with Gasteiger partial charge in [0, 0.05) is 18.6 Å². The number of hydrogen-bond acceptors (Lipinski definition) is 3. The number of carboxylic acid groups (broad SMARTS) is 1. The fraction of sp³-hybridized carbons (Fsp3) is 0.154. The Labute approximate surface area is 108 Å². The fourth-order valence-electron chi connectivity index (χ4n) is 1.77. The number of aromatic nitrogens is 1. The number of halogens is 1. The van der Waals surface area contributed by atoms with Gasteiger partial charge >= 0.3 is 5.97 Å². The first-order chi connectivity index (χ1) is 8.99. The highest BCUT2D eigenvalue weighted by Gasteiger charge is 2.18. The first-order valence-corrected chi connectivity index (χ1v) is 5.50. The van der Waals surface area contributed by atoms with Crippen molar-refractivity contribution in [2.45, 2.75) is 0 Å². The molecule has 0 saturated carbocycles. The van der Waals surface area contributed by atoms with E-state index in [2.05, 4.69) is 4.98 Å². The Morgan fingerprint density at radius 1 is 1.37 bits per heavy atom. The number of benzene rings is 1. The van der Waals surface area contributed by atoms with Crippen LogP contribution < -0.4 is 0 Å². The molecule has 0 spiro atoms. The Hall–Kier alpha value is -2.50. The highest BCUT2D eigenvalue weighted by Crippen LogP contribution is 2.19. The van der Waals surface area contributed by atoms with Crippen molar-refractivity contribution in [1.29, 1.82) is 0 Å². The molecule has 0 radical (unpaired) electrons. The maximum absolute atomic E-state index is 13.2. The summed E-state index contributed by atoms with van der Waals surface area (Å²) in [4.78, 5) is 27.6. The van der Waals surface area contributed by atoms with Crippen LogP contribution in [0.25, 0.3) is 10.8 Å². The third-order valence-corrected chi connectivity index (χ3v) is 2.65. The number of carbonyl (C=O) groups is 2. The average Bonchev–Trinajstić information content (AvgIpc) is 2.36. The standard InChI is InChI=1S/C13H11FN2O3/c1-16(7-11(17)18)13(19)12-10-6-9(14)3-2-8(10)4-5-15-12/h2-6H,7H2,1H3,(H,17,18). The average molecular weight is 262 g/mol. The number of carbonyl (C=O) groups excluding carboxylic acids is 1. The molecule has 5 nitrogen and oxygen atoms in total. The molecule has 0 aliphatic heterocycles. The van der Waals surface area contributed by atoms with E-state index in [0.717, 1.165) is 4.90 Å². The minimum absolute atomic E-state index is 0.0424. The van der Waals surface area contributed by atoms with Gasteiger partial charge in [0.1, 0.15) is 18.1 Å². The lowest BCUT2D eigenvalue weighted by atomic mass is 10.1. The molecular formula is C13H11FN2O3. The second-order valence-electron chi connectivity index (χ2n) is 4.08. The summed E-state index contributed by atoms with van der Waals surface area (Å²) in [5.74, 6) is -2.16. The molecule has 1 heterocycles. The Morgan fingerprint density at radius 3 is 2.79 bits per heavy atom. The van der Waals surface area contributed by atoms with Crippen molar-refractivity contribution in [3.63, 3.8) is 0 Å². The normalized spacial score (nSPS) is 10.4. The fourth-order valence-corrected chi connectivity index (χ4v) is 1.77. The van der Waals surface area contributed by atoms with E-state index in [4.69, 9.17) is 5.11 Å². The molecule has 0 unspecified atom stereocenters. The lowest BCUT2D eigenvalue weighted by Gasteiger charge is -2.15. The summed E-state index contributed by atoms with van der Waals surface area (Å²) in [6.07, 6.45) is 1.43. The summed E-state index contributed by atoms with van der Waals surface area (Å²) >= 11 is 0. The van der Waals surface area contributed by atoms with Crippen LogP contribution in [0.3, 0.4) is 0 Å². The minimum atomic E-state index is -1.12. The van der Waals surface area contributed by atoms with Crippen LogP contribution in [-0.4, -0.2) is 40.5 Å². The Kier molecular flexibility index (Phi) is 3.41. The number of hydrogen-bond donors (Lipinski definition) is 1. The third-order valence-electron chi connectivity index (χ3n) is 2.65. The van der Waals surface area contributed by atoms with Gasteiger partial charge in [-0.3, -0.25) is 14.6 Å². The number of carboxylic acids is 1. The van der Waals surface area contributed by atoms with Gasteiger partial charge in [0.15, 0.2) is 0 Å². The molecule has 0 aliphatic rings. The van der Waals surface area contributed by atoms with Gasteiger partial charge < -0.3 is 10.0 Å². The molecule has 1 amide bonds. The zero-order chi connectivity index (χ0) is 14.0. The molecule has 0 bridgehead atoms. The zero-order valence-electron chi connectivity index (χ0n) is 10.1. The van der Waals surface area contributed by atoms with E-state index in [-0.39, 0.29) is 5.69 Å². The molecule has 2 rings (SSSR count). The van der Waals surface area contributed by atoms with Gasteiger partial charge in [-0.15, -0.1) is 0 Å². The van der Waals surface area contributed by atoms with Crippen LogP contribution >= 0.6 is 0 Å². The van der Waals surface area contributed by atoms with Crippen molar-refractivity contribution in [2.24, 2.45) is 0 Å². The van der Waals surface area contributed by atoms with E-state index in [1.54, 1.807) is 12.1 Å². The molecule has 0 atom stereocenters. The van der Waals surface area contributed by atoms with E-state index in [1.165, 1.54) is 25.4 Å². The summed E-state index contributed by atoms with van der Waals surface area (Å²) in [5.41, 5.74) is 0.0424. The maximum Gasteiger partial charge on any atom is 0.323 e. The summed E-state index contributed by atoms with van der Waals surface area (Å²) in [7, 11) is 1.36. The molecule has 1 N–H and O–H groups in total. The molecule has 0 fully saturated rings. The van der Waals surface area contributed by atoms with Gasteiger partial charge in [-0.25, -0.2) is 4.39 Å². The van der Waals surface area contributed by atoms with Crippen LogP contribution in [0.1, 0.15) is 10.5 Å². The van der Waals surface area contributed by atoms with Crippen molar-refractivity contribution in [3.8, 4) is 0 Å². The van der Waals surface area contributed by atoms with E-state index >= 15 is 0 Å². The van der Waals surface area contributed by atoms with Gasteiger partial charge in [-0.2, -0.15) is 0 Å². The van der Waals surface area contributed by atoms with Crippen LogP contribution in [0, 0.1) is 5.82 Å². The van der Waals surface area contributed by atoms with Gasteiger partial charge in [0.2, 0.25) is 0 Å². The Balaban J connectivity index is 2.47. The first-order valence-electron chi connectivity index (χ1n) is 5.50. The summed E-state index contributed by atoms with van der Waals surface area (Å²) in [6.45, 7) is -0.438. The SMILES string of the molecule is CN(CC(=O)O)C(=O)c1nccc2ccc(F)cc12. The molecule has 6 heteroatoms. The monoisotopic (exact) mass is 262 g/mol. The zero-order valence-corrected chi connectivity index (χ0v) is 10.1. The van der Waals surface area contributed by atoms with Crippen LogP contribution in [-0.2, 0) is 4.79 Å². The second-order valence-corrected chi connectivity index (χ2v) is 4.08. The number of rotatable bonds is 3. The van der Waals surface area contributed by atoms with Crippen LogP contribution in [0.5, 0.6) is 0 Å². The van der Waals surface area contributed by atoms with Crippen LogP contribution in [0.2, 0.25) is 0 Å². The number of fused-ring (bicyclic) bond motifs is 1. The van der Waals surface area contributed by atoms with Gasteiger partial charge in [-0.05, 0) is 23.6 Å². The molecule has 0 aliphatic carbocycles. The largest absolute Gasteiger partial charge is 0.480 e. The van der Waals surface area contributed by atoms with Crippen molar-refractivity contribution in [1.82, 2.24) is 9.88 Å². The second kappa shape index (κ2) is 5.01. The van der Waals surface area contributed by atoms with E-state index in [9.17, 15) is 14.0 Å². The molecule has 1 aromatic carbocycles. The predicted molar refractivity (Wildman–Crippen MR) is 66.3 cm³/mol. The molecule has 0 saturated heterocycles. The van der Waals surface area contributed by atoms with Crippen molar-refractivity contribution in [3.05, 3.63) is 42.0 Å². The smallest absolute Gasteiger partial charge is 0.323 e. The highest BCUT2D eigenvalue weighted by atomic mass is 19.1. The lowest BCUT2D eigenvalue weighted by molar-refractivity contribution is -0.137.